The number of esters is 1. The summed E-state index contributed by atoms with van der Waals surface area (Å²) < 4.78 is 15.0. The lowest BCUT2D eigenvalue weighted by molar-refractivity contribution is -0.139. The number of carbonyl (C=O) groups excluding carboxylic acids is 1. The summed E-state index contributed by atoms with van der Waals surface area (Å²) in [5.41, 5.74) is 2.24. The maximum absolute atomic E-state index is 13.7. The Kier molecular flexibility index (Phi) is 8.74. The van der Waals surface area contributed by atoms with Gasteiger partial charge in [0.25, 0.3) is 5.56 Å². The Bertz CT molecular complexity index is 1530. The molecule has 0 aliphatic carbocycles. The van der Waals surface area contributed by atoms with Crippen LogP contribution in [0.15, 0.2) is 70.1 Å². The third kappa shape index (κ3) is 5.48. The van der Waals surface area contributed by atoms with Crippen molar-refractivity contribution in [2.45, 2.75) is 19.9 Å². The topological polar surface area (TPSA) is 69.9 Å². The number of allylic oxidation sites excluding steroid dienone is 1. The second kappa shape index (κ2) is 11.6. The lowest BCUT2D eigenvalue weighted by atomic mass is 9.96. The Morgan fingerprint density at radius 2 is 1.92 bits per heavy atom. The van der Waals surface area contributed by atoms with Gasteiger partial charge in [0.2, 0.25) is 0 Å². The summed E-state index contributed by atoms with van der Waals surface area (Å²) in [6, 6.07) is 10.4. The standard InChI is InChI=1S/C26H21ClI2N2O4S/c1-4-10-35-23-18(28)11-15(12-19(23)29)13-20-24(32)31-22(16-6-8-17(27)9-7-16)21(25(33)34-5-2)14(3)30-26(31)36-20/h4,6-9,11-13,22H,1,5,10H2,2-3H3/b20-13-/t22-/m1/s1. The average molecular weight is 747 g/mol. The van der Waals surface area contributed by atoms with Gasteiger partial charge in [0.05, 0.1) is 35.6 Å². The number of nitrogens with zero attached hydrogens (tertiary/aromatic N) is 2. The largest absolute Gasteiger partial charge is 0.487 e. The molecule has 0 unspecified atom stereocenters. The number of hydrogen-bond donors (Lipinski definition) is 0. The van der Waals surface area contributed by atoms with E-state index in [-0.39, 0.29) is 12.2 Å². The zero-order chi connectivity index (χ0) is 26.0. The fourth-order valence-corrected chi connectivity index (χ4v) is 7.15. The molecule has 1 aromatic heterocycles. The molecule has 186 valence electrons. The first-order valence-corrected chi connectivity index (χ1v) is 14.3. The van der Waals surface area contributed by atoms with E-state index in [1.165, 1.54) is 11.3 Å². The van der Waals surface area contributed by atoms with Crippen LogP contribution < -0.4 is 19.6 Å². The summed E-state index contributed by atoms with van der Waals surface area (Å²) in [6.45, 7) is 7.84. The molecular weight excluding hydrogens is 726 g/mol. The average Bonchev–Trinajstić information content (AvgIpc) is 3.12. The van der Waals surface area contributed by atoms with Crippen LogP contribution >= 0.6 is 68.1 Å². The molecule has 1 aliphatic heterocycles. The van der Waals surface area contributed by atoms with Crippen LogP contribution in [0, 0.1) is 7.14 Å². The Hall–Kier alpha value is -1.96. The van der Waals surface area contributed by atoms with E-state index in [9.17, 15) is 9.59 Å². The highest BCUT2D eigenvalue weighted by molar-refractivity contribution is 14.1. The molecule has 1 atom stereocenters. The Balaban J connectivity index is 1.89. The maximum Gasteiger partial charge on any atom is 0.338 e. The van der Waals surface area contributed by atoms with Crippen LogP contribution in [0.25, 0.3) is 6.08 Å². The van der Waals surface area contributed by atoms with Gasteiger partial charge in [-0.15, -0.1) is 0 Å². The van der Waals surface area contributed by atoms with Crippen LogP contribution in [0.3, 0.4) is 0 Å². The van der Waals surface area contributed by atoms with Gasteiger partial charge in [-0.25, -0.2) is 9.79 Å². The summed E-state index contributed by atoms with van der Waals surface area (Å²) in [4.78, 5) is 31.8. The highest BCUT2D eigenvalue weighted by atomic mass is 127. The molecule has 2 heterocycles. The fraction of sp³-hybridized carbons (Fsp3) is 0.192. The molecule has 3 aromatic rings. The van der Waals surface area contributed by atoms with E-state index in [1.807, 2.05) is 30.3 Å². The Labute approximate surface area is 244 Å². The SMILES string of the molecule is C=CCOc1c(I)cc(/C=c2\sc3n(c2=O)[C@H](c2ccc(Cl)cc2)C(C(=O)OCC)=C(C)N=3)cc1I. The minimum Gasteiger partial charge on any atom is -0.487 e. The number of fused-ring (bicyclic) bond motifs is 1. The Morgan fingerprint density at radius 3 is 2.53 bits per heavy atom. The van der Waals surface area contributed by atoms with Gasteiger partial charge in [-0.05, 0) is 100 Å². The van der Waals surface area contributed by atoms with Gasteiger partial charge in [-0.1, -0.05) is 47.7 Å². The monoisotopic (exact) mass is 746 g/mol. The number of aromatic nitrogens is 1. The van der Waals surface area contributed by atoms with E-state index in [2.05, 4.69) is 56.8 Å². The number of rotatable bonds is 7. The predicted octanol–water partition coefficient (Wildman–Crippen LogP) is 5.23. The molecule has 0 spiro atoms. The van der Waals surface area contributed by atoms with Gasteiger partial charge in [0.15, 0.2) is 4.80 Å². The van der Waals surface area contributed by atoms with Gasteiger partial charge in [0.1, 0.15) is 12.4 Å². The third-order valence-corrected chi connectivity index (χ3v) is 8.20. The quantitative estimate of drug-likeness (QED) is 0.189. The highest BCUT2D eigenvalue weighted by Crippen LogP contribution is 2.32. The van der Waals surface area contributed by atoms with Gasteiger partial charge in [-0.3, -0.25) is 9.36 Å². The first-order valence-electron chi connectivity index (χ1n) is 10.9. The van der Waals surface area contributed by atoms with Crippen molar-refractivity contribution in [1.82, 2.24) is 4.57 Å². The second-order valence-corrected chi connectivity index (χ2v) is 11.5. The van der Waals surface area contributed by atoms with E-state index >= 15 is 0 Å². The highest BCUT2D eigenvalue weighted by Gasteiger charge is 2.33. The van der Waals surface area contributed by atoms with E-state index in [0.29, 0.717) is 32.2 Å². The zero-order valence-corrected chi connectivity index (χ0v) is 25.3. The molecular formula is C26H21ClI2N2O4S. The van der Waals surface area contributed by atoms with Crippen LogP contribution in [0.1, 0.15) is 31.0 Å². The van der Waals surface area contributed by atoms with Crippen LogP contribution in [0.2, 0.25) is 5.02 Å². The van der Waals surface area contributed by atoms with Crippen molar-refractivity contribution in [1.29, 1.82) is 0 Å². The van der Waals surface area contributed by atoms with E-state index < -0.39 is 12.0 Å². The fourth-order valence-electron chi connectivity index (χ4n) is 3.85. The summed E-state index contributed by atoms with van der Waals surface area (Å²) in [5, 5.41) is 0.564. The van der Waals surface area contributed by atoms with Crippen LogP contribution in [-0.2, 0) is 9.53 Å². The van der Waals surface area contributed by atoms with Crippen molar-refractivity contribution in [3.05, 3.63) is 103 Å². The summed E-state index contributed by atoms with van der Waals surface area (Å²) in [7, 11) is 0. The number of carbonyl (C=O) groups is 1. The minimum atomic E-state index is -0.672. The molecule has 4 rings (SSSR count). The molecule has 0 amide bonds. The number of thiazole rings is 1. The zero-order valence-electron chi connectivity index (χ0n) is 19.4. The molecule has 1 aliphatic rings. The first kappa shape index (κ1) is 27.1. The van der Waals surface area contributed by atoms with Gasteiger partial charge in [-0.2, -0.15) is 0 Å². The molecule has 6 nitrogen and oxygen atoms in total. The maximum atomic E-state index is 13.7. The molecule has 36 heavy (non-hydrogen) atoms. The van der Waals surface area contributed by atoms with Crippen molar-refractivity contribution in [3.63, 3.8) is 0 Å². The van der Waals surface area contributed by atoms with Crippen molar-refractivity contribution in [2.24, 2.45) is 4.99 Å². The summed E-state index contributed by atoms with van der Waals surface area (Å²) in [6.07, 6.45) is 3.54. The number of ether oxygens (including phenoxy) is 2. The number of benzene rings is 2. The number of halogens is 3. The van der Waals surface area contributed by atoms with Crippen LogP contribution in [0.5, 0.6) is 5.75 Å². The first-order chi connectivity index (χ1) is 17.2. The van der Waals surface area contributed by atoms with E-state index in [4.69, 9.17) is 21.1 Å². The molecule has 0 saturated heterocycles. The molecule has 2 aromatic carbocycles. The normalized spacial score (nSPS) is 15.4. The van der Waals surface area contributed by atoms with Crippen LogP contribution in [0.4, 0.5) is 0 Å². The third-order valence-electron chi connectivity index (χ3n) is 5.37. The Morgan fingerprint density at radius 1 is 1.25 bits per heavy atom. The van der Waals surface area contributed by atoms with E-state index in [0.717, 1.165) is 24.0 Å². The molecule has 0 saturated carbocycles. The molecule has 0 fully saturated rings. The summed E-state index contributed by atoms with van der Waals surface area (Å²) >= 11 is 11.8. The van der Waals surface area contributed by atoms with Crippen molar-refractivity contribution in [2.75, 3.05) is 13.2 Å². The predicted molar refractivity (Wildman–Crippen MR) is 159 cm³/mol. The minimum absolute atomic E-state index is 0.219. The molecule has 0 N–H and O–H groups in total. The molecule has 10 heteroatoms. The van der Waals surface area contributed by atoms with Gasteiger partial charge >= 0.3 is 5.97 Å². The van der Waals surface area contributed by atoms with Crippen molar-refractivity contribution < 1.29 is 14.3 Å². The van der Waals surface area contributed by atoms with Crippen LogP contribution in [-0.4, -0.2) is 23.8 Å². The van der Waals surface area contributed by atoms with Gasteiger partial charge in [0, 0.05) is 5.02 Å². The van der Waals surface area contributed by atoms with Gasteiger partial charge < -0.3 is 9.47 Å². The lowest BCUT2D eigenvalue weighted by Gasteiger charge is -2.24. The summed E-state index contributed by atoms with van der Waals surface area (Å²) in [5.74, 6) is 0.291. The van der Waals surface area contributed by atoms with Crippen molar-refractivity contribution >= 4 is 80.2 Å². The number of hydrogen-bond acceptors (Lipinski definition) is 6. The van der Waals surface area contributed by atoms with Crippen molar-refractivity contribution in [3.8, 4) is 5.75 Å². The second-order valence-electron chi connectivity index (χ2n) is 7.77. The molecule has 0 radical (unpaired) electrons. The lowest BCUT2D eigenvalue weighted by Crippen LogP contribution is -2.39. The van der Waals surface area contributed by atoms with E-state index in [1.54, 1.807) is 36.6 Å². The smallest absolute Gasteiger partial charge is 0.338 e. The molecule has 0 bridgehead atoms.